The van der Waals surface area contributed by atoms with Gasteiger partial charge in [-0.1, -0.05) is 66.7 Å². The van der Waals surface area contributed by atoms with Crippen LogP contribution in [0.15, 0.2) is 84.3 Å². The molecule has 6 rings (SSSR count). The number of rotatable bonds is 2. The van der Waals surface area contributed by atoms with Gasteiger partial charge in [0.25, 0.3) is 0 Å². The highest BCUT2D eigenvalue weighted by Gasteiger charge is 2.39. The third-order valence-electron chi connectivity index (χ3n) is 6.61. The minimum absolute atomic E-state index is 0.169. The lowest BCUT2D eigenvalue weighted by atomic mass is 9.76. The average Bonchev–Trinajstić information content (AvgIpc) is 3.26. The first-order valence-corrected chi connectivity index (χ1v) is 10.7. The first-order valence-electron chi connectivity index (χ1n) is 10.7. The fraction of sp³-hybridized carbons (Fsp3) is 0.192. The van der Waals surface area contributed by atoms with E-state index >= 15 is 0 Å². The van der Waals surface area contributed by atoms with E-state index in [9.17, 15) is 4.79 Å². The number of allylic oxidation sites excluding steroid dienone is 2. The van der Waals surface area contributed by atoms with Crippen molar-refractivity contribution in [2.24, 2.45) is 0 Å². The molecule has 0 unspecified atom stereocenters. The molecule has 2 atom stereocenters. The summed E-state index contributed by atoms with van der Waals surface area (Å²) in [6, 6.07) is 22.7. The van der Waals surface area contributed by atoms with Crippen LogP contribution in [-0.2, 0) is 4.79 Å². The van der Waals surface area contributed by atoms with E-state index in [-0.39, 0.29) is 17.7 Å². The van der Waals surface area contributed by atoms with E-state index in [1.54, 1.807) is 6.33 Å². The summed E-state index contributed by atoms with van der Waals surface area (Å²) in [4.78, 5) is 18.1. The Morgan fingerprint density at radius 1 is 0.935 bits per heavy atom. The Morgan fingerprint density at radius 2 is 1.71 bits per heavy atom. The molecule has 0 fully saturated rings. The van der Waals surface area contributed by atoms with Gasteiger partial charge < -0.3 is 5.32 Å². The van der Waals surface area contributed by atoms with Gasteiger partial charge in [-0.2, -0.15) is 10.1 Å². The first kappa shape index (κ1) is 18.1. The normalized spacial score (nSPS) is 20.4. The summed E-state index contributed by atoms with van der Waals surface area (Å²) < 4.78 is 1.85. The Hall–Kier alpha value is -3.73. The van der Waals surface area contributed by atoms with Crippen LogP contribution in [-0.4, -0.2) is 20.5 Å². The molecular formula is C26H22N4O. The van der Waals surface area contributed by atoms with Gasteiger partial charge in [0, 0.05) is 17.7 Å². The topological polar surface area (TPSA) is 59.8 Å². The number of hydrogen-bond donors (Lipinski definition) is 1. The summed E-state index contributed by atoms with van der Waals surface area (Å²) in [6.07, 6.45) is 2.86. The summed E-state index contributed by atoms with van der Waals surface area (Å²) >= 11 is 0. The maximum Gasteiger partial charge on any atom is 0.226 e. The maximum absolute atomic E-state index is 13.6. The van der Waals surface area contributed by atoms with Crippen molar-refractivity contribution >= 4 is 22.5 Å². The Kier molecular flexibility index (Phi) is 4.03. The lowest BCUT2D eigenvalue weighted by Gasteiger charge is -2.35. The summed E-state index contributed by atoms with van der Waals surface area (Å²) in [6.45, 7) is 2.12. The fourth-order valence-corrected chi connectivity index (χ4v) is 5.19. The van der Waals surface area contributed by atoms with Crippen LogP contribution in [0.25, 0.3) is 10.8 Å². The predicted octanol–water partition coefficient (Wildman–Crippen LogP) is 5.16. The molecule has 0 saturated carbocycles. The number of ketones is 1. The van der Waals surface area contributed by atoms with Gasteiger partial charge in [0.1, 0.15) is 12.4 Å². The van der Waals surface area contributed by atoms with Crippen LogP contribution < -0.4 is 5.32 Å². The number of fused-ring (bicyclic) bond motifs is 2. The predicted molar refractivity (Wildman–Crippen MR) is 121 cm³/mol. The van der Waals surface area contributed by atoms with E-state index in [1.165, 1.54) is 11.1 Å². The minimum atomic E-state index is -0.273. The van der Waals surface area contributed by atoms with Gasteiger partial charge in [0.15, 0.2) is 5.78 Å². The molecule has 2 heterocycles. The van der Waals surface area contributed by atoms with Gasteiger partial charge in [-0.25, -0.2) is 4.68 Å². The summed E-state index contributed by atoms with van der Waals surface area (Å²) in [7, 11) is 0. The van der Waals surface area contributed by atoms with E-state index < -0.39 is 0 Å². The van der Waals surface area contributed by atoms with Crippen molar-refractivity contribution in [3.63, 3.8) is 0 Å². The Bertz CT molecular complexity index is 1360. The zero-order valence-electron chi connectivity index (χ0n) is 17.2. The highest BCUT2D eigenvalue weighted by molar-refractivity contribution is 6.01. The monoisotopic (exact) mass is 406 g/mol. The molecule has 0 amide bonds. The number of nitrogens with zero attached hydrogens (tertiary/aromatic N) is 3. The number of nitrogens with one attached hydrogen (secondary N) is 1. The number of aromatic nitrogens is 3. The zero-order chi connectivity index (χ0) is 20.9. The smallest absolute Gasteiger partial charge is 0.226 e. The molecule has 5 heteroatoms. The van der Waals surface area contributed by atoms with E-state index in [0.717, 1.165) is 34.0 Å². The molecule has 0 spiro atoms. The van der Waals surface area contributed by atoms with Crippen LogP contribution in [0.4, 0.5) is 5.95 Å². The highest BCUT2D eigenvalue weighted by atomic mass is 16.1. The van der Waals surface area contributed by atoms with Crippen LogP contribution in [0.2, 0.25) is 0 Å². The van der Waals surface area contributed by atoms with Crippen molar-refractivity contribution in [1.29, 1.82) is 0 Å². The van der Waals surface area contributed by atoms with E-state index in [2.05, 4.69) is 70.9 Å². The van der Waals surface area contributed by atoms with E-state index in [0.29, 0.717) is 12.4 Å². The molecule has 1 N–H and O–H groups in total. The number of aryl methyl sites for hydroxylation is 1. The highest BCUT2D eigenvalue weighted by Crippen LogP contribution is 2.45. The van der Waals surface area contributed by atoms with Crippen LogP contribution in [0.5, 0.6) is 0 Å². The molecule has 1 aliphatic carbocycles. The number of benzene rings is 3. The largest absolute Gasteiger partial charge is 0.328 e. The number of Topliss-reactive ketones (excluding diaryl/α,β-unsaturated/α-hetero) is 1. The molecule has 1 aliphatic heterocycles. The molecule has 2 aliphatic rings. The second kappa shape index (κ2) is 6.91. The number of anilines is 1. The van der Waals surface area contributed by atoms with Crippen molar-refractivity contribution in [3.05, 3.63) is 101 Å². The molecule has 31 heavy (non-hydrogen) atoms. The van der Waals surface area contributed by atoms with E-state index in [4.69, 9.17) is 0 Å². The van der Waals surface area contributed by atoms with Crippen LogP contribution in [0.1, 0.15) is 41.5 Å². The van der Waals surface area contributed by atoms with Gasteiger partial charge in [0.05, 0.1) is 0 Å². The Labute approximate surface area is 180 Å². The lowest BCUT2D eigenvalue weighted by molar-refractivity contribution is -0.116. The van der Waals surface area contributed by atoms with Crippen molar-refractivity contribution in [2.45, 2.75) is 31.7 Å². The first-order chi connectivity index (χ1) is 15.2. The molecule has 0 bridgehead atoms. The van der Waals surface area contributed by atoms with Crippen LogP contribution in [0, 0.1) is 6.92 Å². The molecular weight excluding hydrogens is 384 g/mol. The van der Waals surface area contributed by atoms with E-state index in [1.807, 2.05) is 22.9 Å². The Morgan fingerprint density at radius 3 is 2.61 bits per heavy atom. The molecule has 3 aromatic carbocycles. The quantitative estimate of drug-likeness (QED) is 0.500. The van der Waals surface area contributed by atoms with Gasteiger partial charge >= 0.3 is 0 Å². The molecule has 152 valence electrons. The van der Waals surface area contributed by atoms with Gasteiger partial charge in [-0.15, -0.1) is 0 Å². The standard InChI is InChI=1S/C26H22N4O/c1-16-7-2-4-10-19(16)18-13-22-24(23(31)14-18)25(30-26(29-22)27-15-28-30)21-12-6-9-17-8-3-5-11-20(17)21/h2-12,15,18,25H,13-14H2,1H3,(H,27,28,29)/t18-,25+/m1/s1. The summed E-state index contributed by atoms with van der Waals surface area (Å²) in [5, 5.41) is 10.2. The number of carbonyl (C=O) groups excluding carboxylic acids is 1. The molecule has 1 aromatic heterocycles. The van der Waals surface area contributed by atoms with Crippen LogP contribution in [0.3, 0.4) is 0 Å². The second-order valence-electron chi connectivity index (χ2n) is 8.40. The fourth-order valence-electron chi connectivity index (χ4n) is 5.19. The number of hydrogen-bond acceptors (Lipinski definition) is 4. The molecule has 0 radical (unpaired) electrons. The SMILES string of the molecule is Cc1ccccc1[C@H]1CC(=O)C2=C(C1)Nc1ncnn1[C@H]2c1cccc2ccccc12. The van der Waals surface area contributed by atoms with Crippen LogP contribution >= 0.6 is 0 Å². The summed E-state index contributed by atoms with van der Waals surface area (Å²) in [5.74, 6) is 1.04. The third-order valence-corrected chi connectivity index (χ3v) is 6.61. The van der Waals surface area contributed by atoms with Crippen molar-refractivity contribution in [2.75, 3.05) is 5.32 Å². The van der Waals surface area contributed by atoms with Gasteiger partial charge in [-0.3, -0.25) is 4.79 Å². The third kappa shape index (κ3) is 2.81. The zero-order valence-corrected chi connectivity index (χ0v) is 17.2. The Balaban J connectivity index is 1.52. The number of carbonyl (C=O) groups is 1. The van der Waals surface area contributed by atoms with Crippen molar-refractivity contribution < 1.29 is 4.79 Å². The second-order valence-corrected chi connectivity index (χ2v) is 8.40. The van der Waals surface area contributed by atoms with Gasteiger partial charge in [-0.05, 0) is 46.7 Å². The molecule has 0 saturated heterocycles. The van der Waals surface area contributed by atoms with Crippen molar-refractivity contribution in [1.82, 2.24) is 14.8 Å². The van der Waals surface area contributed by atoms with Crippen molar-refractivity contribution in [3.8, 4) is 0 Å². The lowest BCUT2D eigenvalue weighted by Crippen LogP contribution is -2.33. The molecule has 4 aromatic rings. The molecule has 5 nitrogen and oxygen atoms in total. The maximum atomic E-state index is 13.6. The average molecular weight is 406 g/mol. The summed E-state index contributed by atoms with van der Waals surface area (Å²) in [5.41, 5.74) is 5.36. The van der Waals surface area contributed by atoms with Gasteiger partial charge in [0.2, 0.25) is 5.95 Å². The minimum Gasteiger partial charge on any atom is -0.328 e.